The Bertz CT molecular complexity index is 450. The van der Waals surface area contributed by atoms with Gasteiger partial charge in [0.15, 0.2) is 11.5 Å². The van der Waals surface area contributed by atoms with E-state index in [-0.39, 0.29) is 0 Å². The van der Waals surface area contributed by atoms with Crippen molar-refractivity contribution in [3.05, 3.63) is 22.2 Å². The van der Waals surface area contributed by atoms with E-state index in [0.717, 1.165) is 28.4 Å². The fourth-order valence-corrected chi connectivity index (χ4v) is 3.16. The van der Waals surface area contributed by atoms with Gasteiger partial charge >= 0.3 is 0 Å². The lowest BCUT2D eigenvalue weighted by Crippen LogP contribution is -2.17. The number of rotatable bonds is 5. The minimum atomic E-state index is 0.325. The van der Waals surface area contributed by atoms with Gasteiger partial charge in [-0.15, -0.1) is 0 Å². The lowest BCUT2D eigenvalue weighted by atomic mass is 10.2. The molecule has 0 aromatic heterocycles. The smallest absolute Gasteiger partial charge is 0.231 e. The van der Waals surface area contributed by atoms with Gasteiger partial charge in [0.1, 0.15) is 0 Å². The Morgan fingerprint density at radius 3 is 3.11 bits per heavy atom. The lowest BCUT2D eigenvalue weighted by molar-refractivity contribution is 0.173. The summed E-state index contributed by atoms with van der Waals surface area (Å²) in [5.74, 6) is 2.57. The molecule has 1 aromatic rings. The molecule has 2 atom stereocenters. The molecule has 0 spiro atoms. The maximum atomic E-state index is 5.42. The van der Waals surface area contributed by atoms with Gasteiger partial charge in [0.2, 0.25) is 6.79 Å². The van der Waals surface area contributed by atoms with Crippen molar-refractivity contribution in [1.82, 2.24) is 5.32 Å². The van der Waals surface area contributed by atoms with Crippen molar-refractivity contribution in [2.45, 2.75) is 38.8 Å². The van der Waals surface area contributed by atoms with Crippen molar-refractivity contribution in [2.75, 3.05) is 6.79 Å². The highest BCUT2D eigenvalue weighted by atomic mass is 79.9. The minimum absolute atomic E-state index is 0.325. The van der Waals surface area contributed by atoms with Crippen LogP contribution in [-0.2, 0) is 6.54 Å². The second-order valence-corrected chi connectivity index (χ2v) is 5.94. The zero-order valence-corrected chi connectivity index (χ0v) is 12.1. The first kappa shape index (κ1) is 12.3. The van der Waals surface area contributed by atoms with Crippen LogP contribution < -0.4 is 14.8 Å². The molecule has 1 heterocycles. The monoisotopic (exact) mass is 311 g/mol. The summed E-state index contributed by atoms with van der Waals surface area (Å²) in [6.07, 6.45) is 3.97. The average molecular weight is 312 g/mol. The summed E-state index contributed by atoms with van der Waals surface area (Å²) >= 11 is 3.52. The first-order chi connectivity index (χ1) is 8.78. The third kappa shape index (κ3) is 2.50. The van der Waals surface area contributed by atoms with Crippen LogP contribution in [0.5, 0.6) is 11.5 Å². The molecule has 0 radical (unpaired) electrons. The van der Waals surface area contributed by atoms with Crippen LogP contribution in [-0.4, -0.2) is 12.8 Å². The van der Waals surface area contributed by atoms with E-state index in [4.69, 9.17) is 9.47 Å². The first-order valence-electron chi connectivity index (χ1n) is 6.59. The number of hydrogen-bond donors (Lipinski definition) is 1. The molecule has 98 valence electrons. The zero-order valence-electron chi connectivity index (χ0n) is 10.5. The highest BCUT2D eigenvalue weighted by Gasteiger charge is 2.35. The Morgan fingerprint density at radius 1 is 1.39 bits per heavy atom. The van der Waals surface area contributed by atoms with Gasteiger partial charge in [-0.3, -0.25) is 0 Å². The van der Waals surface area contributed by atoms with Gasteiger partial charge in [-0.2, -0.15) is 0 Å². The number of fused-ring (bicyclic) bond motifs is 1. The van der Waals surface area contributed by atoms with Crippen molar-refractivity contribution in [1.29, 1.82) is 0 Å². The van der Waals surface area contributed by atoms with Crippen molar-refractivity contribution >= 4 is 15.9 Å². The van der Waals surface area contributed by atoms with E-state index in [1.807, 2.05) is 0 Å². The maximum absolute atomic E-state index is 5.42. The summed E-state index contributed by atoms with van der Waals surface area (Å²) in [6.45, 7) is 3.48. The summed E-state index contributed by atoms with van der Waals surface area (Å²) < 4.78 is 11.8. The Kier molecular flexibility index (Phi) is 3.48. The number of hydrogen-bond acceptors (Lipinski definition) is 3. The Balaban J connectivity index is 1.59. The first-order valence-corrected chi connectivity index (χ1v) is 7.38. The van der Waals surface area contributed by atoms with E-state index in [2.05, 4.69) is 40.3 Å². The molecule has 18 heavy (non-hydrogen) atoms. The fourth-order valence-electron chi connectivity index (χ4n) is 2.56. The molecule has 0 bridgehead atoms. The third-order valence-corrected chi connectivity index (χ3v) is 4.23. The zero-order chi connectivity index (χ0) is 12.5. The van der Waals surface area contributed by atoms with Gasteiger partial charge in [0.05, 0.1) is 4.47 Å². The van der Waals surface area contributed by atoms with Crippen LogP contribution in [0.1, 0.15) is 31.7 Å². The second-order valence-electron chi connectivity index (χ2n) is 5.08. The molecule has 1 fully saturated rings. The Hall–Kier alpha value is -0.740. The summed E-state index contributed by atoms with van der Waals surface area (Å²) in [7, 11) is 0. The molecule has 1 aliphatic carbocycles. The standard InChI is InChI=1S/C14H18BrNO2/c1-2-3-10-6-12(10)16-7-9-4-11(15)14-13(5-9)17-8-18-14/h4-5,10,12,16H,2-3,6-8H2,1H3. The van der Waals surface area contributed by atoms with Crippen molar-refractivity contribution in [3.63, 3.8) is 0 Å². The van der Waals surface area contributed by atoms with Gasteiger partial charge < -0.3 is 14.8 Å². The fraction of sp³-hybridized carbons (Fsp3) is 0.571. The molecular weight excluding hydrogens is 294 g/mol. The highest BCUT2D eigenvalue weighted by Crippen LogP contribution is 2.40. The number of halogens is 1. The molecule has 2 unspecified atom stereocenters. The van der Waals surface area contributed by atoms with Gasteiger partial charge in [0.25, 0.3) is 0 Å². The number of nitrogens with one attached hydrogen (secondary N) is 1. The summed E-state index contributed by atoms with van der Waals surface area (Å²) in [5.41, 5.74) is 1.24. The average Bonchev–Trinajstić information content (AvgIpc) is 2.90. The highest BCUT2D eigenvalue weighted by molar-refractivity contribution is 9.10. The van der Waals surface area contributed by atoms with Gasteiger partial charge in [0, 0.05) is 12.6 Å². The summed E-state index contributed by atoms with van der Waals surface area (Å²) in [6, 6.07) is 4.89. The van der Waals surface area contributed by atoms with E-state index >= 15 is 0 Å². The second kappa shape index (κ2) is 5.10. The molecule has 1 aromatic carbocycles. The van der Waals surface area contributed by atoms with Crippen molar-refractivity contribution < 1.29 is 9.47 Å². The minimum Gasteiger partial charge on any atom is -0.454 e. The van der Waals surface area contributed by atoms with E-state index in [1.165, 1.54) is 24.8 Å². The molecule has 1 saturated carbocycles. The Labute approximate surface area is 116 Å². The molecule has 0 amide bonds. The van der Waals surface area contributed by atoms with Crippen LogP contribution in [0.25, 0.3) is 0 Å². The van der Waals surface area contributed by atoms with Crippen LogP contribution in [0.2, 0.25) is 0 Å². The number of ether oxygens (including phenoxy) is 2. The van der Waals surface area contributed by atoms with Crippen LogP contribution in [0.4, 0.5) is 0 Å². The summed E-state index contributed by atoms with van der Waals surface area (Å²) in [4.78, 5) is 0. The van der Waals surface area contributed by atoms with Gasteiger partial charge in [-0.1, -0.05) is 13.3 Å². The van der Waals surface area contributed by atoms with Crippen LogP contribution in [0.15, 0.2) is 16.6 Å². The van der Waals surface area contributed by atoms with E-state index < -0.39 is 0 Å². The molecule has 3 rings (SSSR count). The van der Waals surface area contributed by atoms with E-state index in [9.17, 15) is 0 Å². The molecule has 2 aliphatic rings. The normalized spacial score (nSPS) is 24.3. The van der Waals surface area contributed by atoms with Crippen LogP contribution in [0.3, 0.4) is 0 Å². The van der Waals surface area contributed by atoms with Crippen LogP contribution >= 0.6 is 15.9 Å². The van der Waals surface area contributed by atoms with Gasteiger partial charge in [-0.05, 0) is 52.4 Å². The maximum Gasteiger partial charge on any atom is 0.231 e. The van der Waals surface area contributed by atoms with Gasteiger partial charge in [-0.25, -0.2) is 0 Å². The quantitative estimate of drug-likeness (QED) is 0.903. The SMILES string of the molecule is CCCC1CC1NCc1cc(Br)c2c(c1)OCO2. The molecule has 0 saturated heterocycles. The molecule has 1 N–H and O–H groups in total. The van der Waals surface area contributed by atoms with Crippen molar-refractivity contribution in [3.8, 4) is 11.5 Å². The third-order valence-electron chi connectivity index (χ3n) is 3.64. The topological polar surface area (TPSA) is 30.5 Å². The van der Waals surface area contributed by atoms with Crippen LogP contribution in [0, 0.1) is 5.92 Å². The molecule has 4 heteroatoms. The largest absolute Gasteiger partial charge is 0.454 e. The molecular formula is C14H18BrNO2. The molecule has 1 aliphatic heterocycles. The van der Waals surface area contributed by atoms with E-state index in [1.54, 1.807) is 0 Å². The predicted molar refractivity (Wildman–Crippen MR) is 73.9 cm³/mol. The lowest BCUT2D eigenvalue weighted by Gasteiger charge is -2.07. The van der Waals surface area contributed by atoms with E-state index in [0.29, 0.717) is 12.8 Å². The number of benzene rings is 1. The van der Waals surface area contributed by atoms with Crippen molar-refractivity contribution in [2.24, 2.45) is 5.92 Å². The molecule has 3 nitrogen and oxygen atoms in total. The summed E-state index contributed by atoms with van der Waals surface area (Å²) in [5, 5.41) is 3.61. The Morgan fingerprint density at radius 2 is 2.28 bits per heavy atom. The predicted octanol–water partition coefficient (Wildman–Crippen LogP) is 3.46.